The Balaban J connectivity index is 2.66. The molecule has 0 fully saturated rings. The number of hydrogen-bond donors (Lipinski definition) is 0. The molecular weight excluding hydrogens is 659 g/mol. The first kappa shape index (κ1) is 37.2. The molecule has 0 saturated carbocycles. The van der Waals surface area contributed by atoms with E-state index in [0.29, 0.717) is 0 Å². The van der Waals surface area contributed by atoms with Crippen LogP contribution in [0.1, 0.15) is 158 Å². The van der Waals surface area contributed by atoms with E-state index < -0.39 is 20.0 Å². The first-order chi connectivity index (χ1) is 19.6. The van der Waals surface area contributed by atoms with Crippen molar-refractivity contribution in [2.75, 3.05) is 0 Å². The third kappa shape index (κ3) is 7.82. The Morgan fingerprint density at radius 3 is 0.841 bits per heavy atom. The van der Waals surface area contributed by atoms with Gasteiger partial charge in [0.1, 0.15) is 0 Å². The summed E-state index contributed by atoms with van der Waals surface area (Å²) in [7, 11) is 7.28. The van der Waals surface area contributed by atoms with Crippen molar-refractivity contribution in [2.45, 2.75) is 157 Å². The Hall–Kier alpha value is -1.25. The molecule has 0 atom stereocenters. The van der Waals surface area contributed by atoms with Crippen LogP contribution in [-0.4, -0.2) is 20.0 Å². The predicted molar refractivity (Wildman–Crippen MR) is 201 cm³/mol. The summed E-state index contributed by atoms with van der Waals surface area (Å²) in [4.78, 5) is 0. The van der Waals surface area contributed by atoms with Gasteiger partial charge in [0.05, 0.1) is 0 Å². The van der Waals surface area contributed by atoms with Gasteiger partial charge in [-0.3, -0.25) is 0 Å². The van der Waals surface area contributed by atoms with Crippen LogP contribution in [0, 0.1) is 0 Å². The molecule has 0 nitrogen and oxygen atoms in total. The summed E-state index contributed by atoms with van der Waals surface area (Å²) in [6, 6.07) is 17.0. The van der Waals surface area contributed by atoms with E-state index >= 15 is 0 Å². The molecule has 0 amide bonds. The van der Waals surface area contributed by atoms with Gasteiger partial charge in [-0.05, 0) is 0 Å². The maximum absolute atomic E-state index is 7.28. The Bertz CT molecular complexity index is 1330. The summed E-state index contributed by atoms with van der Waals surface area (Å²) in [5.41, 5.74) is 14.0. The van der Waals surface area contributed by atoms with E-state index in [9.17, 15) is 0 Å². The van der Waals surface area contributed by atoms with Crippen LogP contribution in [0.5, 0.6) is 0 Å². The zero-order valence-electron chi connectivity index (χ0n) is 31.4. The van der Waals surface area contributed by atoms with E-state index in [0.717, 1.165) is 0 Å². The fourth-order valence-electron chi connectivity index (χ4n) is 6.17. The van der Waals surface area contributed by atoms with Gasteiger partial charge in [-0.2, -0.15) is 0 Å². The Labute approximate surface area is 286 Å². The van der Waals surface area contributed by atoms with E-state index in [2.05, 4.69) is 167 Å². The van der Waals surface area contributed by atoms with Crippen molar-refractivity contribution in [3.8, 4) is 22.3 Å². The van der Waals surface area contributed by atoms with Crippen molar-refractivity contribution in [3.05, 3.63) is 75.8 Å². The second-order valence-corrected chi connectivity index (χ2v) is 22.4. The third-order valence-electron chi connectivity index (χ3n) is 8.94. The second-order valence-electron chi connectivity index (χ2n) is 19.2. The molecule has 0 saturated heterocycles. The summed E-state index contributed by atoms with van der Waals surface area (Å²) in [6.45, 7) is 42.5. The van der Waals surface area contributed by atoms with Gasteiger partial charge < -0.3 is 0 Å². The fourth-order valence-corrected chi connectivity index (χ4v) is 9.30. The molecular formula is C42H61ClSn. The van der Waals surface area contributed by atoms with E-state index in [-0.39, 0.29) is 32.5 Å². The molecule has 2 heteroatoms. The zero-order chi connectivity index (χ0) is 34.0. The van der Waals surface area contributed by atoms with Gasteiger partial charge in [0.25, 0.3) is 0 Å². The van der Waals surface area contributed by atoms with Crippen molar-refractivity contribution in [3.63, 3.8) is 0 Å². The van der Waals surface area contributed by atoms with Crippen molar-refractivity contribution in [2.24, 2.45) is 0 Å². The molecule has 0 aliphatic rings. The number of benzene rings is 3. The fraction of sp³-hybridized carbons (Fsp3) is 0.571. The van der Waals surface area contributed by atoms with Gasteiger partial charge in [0, 0.05) is 0 Å². The molecule has 0 aromatic heterocycles. The number of rotatable bonds is 3. The maximum atomic E-state index is 7.28. The average Bonchev–Trinajstić information content (AvgIpc) is 2.83. The first-order valence-electron chi connectivity index (χ1n) is 16.5. The molecule has 0 spiro atoms. The van der Waals surface area contributed by atoms with Crippen LogP contribution in [0.2, 0.25) is 0 Å². The number of halogens is 1. The third-order valence-corrected chi connectivity index (χ3v) is 12.3. The molecule has 240 valence electrons. The summed E-state index contributed by atoms with van der Waals surface area (Å²) in [5.74, 6) is 0. The first-order valence-corrected chi connectivity index (χ1v) is 21.5. The molecule has 0 aliphatic heterocycles. The normalized spacial score (nSPS) is 13.9. The van der Waals surface area contributed by atoms with Gasteiger partial charge in [-0.25, -0.2) is 0 Å². The van der Waals surface area contributed by atoms with Crippen molar-refractivity contribution < 1.29 is 0 Å². The molecule has 0 bridgehead atoms. The predicted octanol–water partition coefficient (Wildman–Crippen LogP) is 12.3. The van der Waals surface area contributed by atoms with E-state index in [4.69, 9.17) is 8.92 Å². The van der Waals surface area contributed by atoms with Gasteiger partial charge >= 0.3 is 288 Å². The van der Waals surface area contributed by atoms with Crippen LogP contribution in [0.4, 0.5) is 0 Å². The topological polar surface area (TPSA) is 0 Å². The molecule has 0 aliphatic carbocycles. The summed E-state index contributed by atoms with van der Waals surface area (Å²) >= 11 is -1.44. The zero-order valence-corrected chi connectivity index (χ0v) is 35.0. The molecule has 3 aromatic rings. The van der Waals surface area contributed by atoms with Crippen LogP contribution < -0.4 is 3.58 Å². The van der Waals surface area contributed by atoms with Crippen molar-refractivity contribution in [1.82, 2.24) is 0 Å². The molecule has 3 aromatic carbocycles. The van der Waals surface area contributed by atoms with Gasteiger partial charge in [0.2, 0.25) is 0 Å². The Morgan fingerprint density at radius 1 is 0.409 bits per heavy atom. The van der Waals surface area contributed by atoms with Crippen molar-refractivity contribution in [1.29, 1.82) is 0 Å². The van der Waals surface area contributed by atoms with E-state index in [1.54, 1.807) is 0 Å². The molecule has 2 radical (unpaired) electrons. The van der Waals surface area contributed by atoms with Crippen LogP contribution >= 0.6 is 8.92 Å². The minimum atomic E-state index is -1.44. The van der Waals surface area contributed by atoms with Crippen molar-refractivity contribution >= 4 is 32.5 Å². The average molecular weight is 720 g/mol. The molecule has 0 unspecified atom stereocenters. The summed E-state index contributed by atoms with van der Waals surface area (Å²) in [5, 5.41) is 0. The van der Waals surface area contributed by atoms with Crippen LogP contribution in [0.25, 0.3) is 22.3 Å². The molecule has 0 heterocycles. The SMILES string of the molecule is CC(C)(C)c1cc(C(C)(C)C)c(-c2cccc(-c3c(C(C)(C)C)cc(C(C)(C)C)cc3C(C)(C)C)[c]2[Sn][Cl])c(C(C)(C)C)c1. The monoisotopic (exact) mass is 720 g/mol. The molecule has 3 rings (SSSR count). The summed E-state index contributed by atoms with van der Waals surface area (Å²) in [6.07, 6.45) is 0. The number of hydrogen-bond acceptors (Lipinski definition) is 0. The molecule has 0 N–H and O–H groups in total. The molecule has 44 heavy (non-hydrogen) atoms. The van der Waals surface area contributed by atoms with E-state index in [1.807, 2.05) is 0 Å². The van der Waals surface area contributed by atoms with Crippen LogP contribution in [0.15, 0.2) is 42.5 Å². The van der Waals surface area contributed by atoms with Crippen LogP contribution in [0.3, 0.4) is 0 Å². The Kier molecular flexibility index (Phi) is 10.2. The second kappa shape index (κ2) is 12.1. The van der Waals surface area contributed by atoms with Gasteiger partial charge in [-0.1, -0.05) is 0 Å². The van der Waals surface area contributed by atoms with Crippen LogP contribution in [-0.2, 0) is 32.5 Å². The Morgan fingerprint density at radius 2 is 0.659 bits per heavy atom. The standard InChI is InChI=1S/C42H61.ClH.Sn/c1-37(2,3)29-23-31(39(7,8)9)35(32(24-29)40(10,11)12)27-20-19-21-28(22-27)36-33(41(13,14)15)25-30(38(4,5)6)26-34(36)42(16,17)18;;/h19-21,23-26H,1-18H3;1H;/q;;+1/p-1. The van der Waals surface area contributed by atoms with Gasteiger partial charge in [0.15, 0.2) is 0 Å². The van der Waals surface area contributed by atoms with Gasteiger partial charge in [-0.15, -0.1) is 0 Å². The quantitative estimate of drug-likeness (QED) is 0.236. The minimum absolute atomic E-state index is 0.0251. The van der Waals surface area contributed by atoms with E-state index in [1.165, 1.54) is 59.2 Å². The summed E-state index contributed by atoms with van der Waals surface area (Å²) < 4.78 is 1.40.